The molecular weight excluding hydrogens is 548 g/mol. The molecule has 0 aromatic heterocycles. The maximum Gasteiger partial charge on any atom is 0.312 e. The summed E-state index contributed by atoms with van der Waals surface area (Å²) in [5, 5.41) is 23.6. The van der Waals surface area contributed by atoms with Gasteiger partial charge in [0.05, 0.1) is 17.4 Å². The molecule has 12 atom stereocenters. The van der Waals surface area contributed by atoms with Crippen molar-refractivity contribution in [1.82, 2.24) is 0 Å². The summed E-state index contributed by atoms with van der Waals surface area (Å²) in [4.78, 5) is 50.5. The van der Waals surface area contributed by atoms with Crippen LogP contribution in [0.25, 0.3) is 0 Å². The summed E-state index contributed by atoms with van der Waals surface area (Å²) >= 11 is 6.70. The van der Waals surface area contributed by atoms with Gasteiger partial charge in [0.2, 0.25) is 0 Å². The molecule has 40 heavy (non-hydrogen) atoms. The highest BCUT2D eigenvalue weighted by molar-refractivity contribution is 6.23. The summed E-state index contributed by atoms with van der Waals surface area (Å²) in [6, 6.07) is 0. The van der Waals surface area contributed by atoms with Crippen LogP contribution in [0.4, 0.5) is 0 Å². The molecule has 2 aliphatic heterocycles. The van der Waals surface area contributed by atoms with Gasteiger partial charge in [-0.3, -0.25) is 19.2 Å². The van der Waals surface area contributed by atoms with Crippen molar-refractivity contribution in [1.29, 1.82) is 0 Å². The topological polar surface area (TPSA) is 158 Å². The molecule has 0 spiro atoms. The van der Waals surface area contributed by atoms with Gasteiger partial charge >= 0.3 is 23.9 Å². The minimum Gasteiger partial charge on any atom is -0.459 e. The van der Waals surface area contributed by atoms with Crippen molar-refractivity contribution in [2.24, 2.45) is 17.3 Å². The van der Waals surface area contributed by atoms with Crippen LogP contribution in [-0.4, -0.2) is 87.3 Å². The second-order valence-corrected chi connectivity index (χ2v) is 12.1. The lowest BCUT2D eigenvalue weighted by Gasteiger charge is -2.57. The highest BCUT2D eigenvalue weighted by Gasteiger charge is 2.79. The van der Waals surface area contributed by atoms with Gasteiger partial charge in [-0.1, -0.05) is 26.5 Å². The number of epoxide rings is 1. The maximum atomic E-state index is 12.9. The Morgan fingerprint density at radius 1 is 1.07 bits per heavy atom. The van der Waals surface area contributed by atoms with Crippen LogP contribution in [0.15, 0.2) is 24.3 Å². The van der Waals surface area contributed by atoms with E-state index in [0.717, 1.165) is 6.92 Å². The van der Waals surface area contributed by atoms with Crippen LogP contribution in [0.5, 0.6) is 0 Å². The zero-order valence-corrected chi connectivity index (χ0v) is 24.2. The summed E-state index contributed by atoms with van der Waals surface area (Å²) in [6.07, 6.45) is -3.44. The number of allylic oxidation sites excluding steroid dienone is 1. The molecule has 0 bridgehead atoms. The molecule has 2 aliphatic carbocycles. The number of alkyl halides is 1. The minimum absolute atomic E-state index is 0.0829. The largest absolute Gasteiger partial charge is 0.459 e. The second kappa shape index (κ2) is 10.4. The smallest absolute Gasteiger partial charge is 0.312 e. The zero-order valence-electron chi connectivity index (χ0n) is 23.4. The molecule has 11 nitrogen and oxygen atoms in total. The molecule has 2 N–H and O–H groups in total. The van der Waals surface area contributed by atoms with Crippen LogP contribution in [0.1, 0.15) is 54.4 Å². The van der Waals surface area contributed by atoms with Crippen molar-refractivity contribution >= 4 is 35.5 Å². The molecule has 2 heterocycles. The Labute approximate surface area is 237 Å². The predicted molar refractivity (Wildman–Crippen MR) is 139 cm³/mol. The molecule has 1 saturated carbocycles. The van der Waals surface area contributed by atoms with E-state index in [1.54, 1.807) is 13.8 Å². The quantitative estimate of drug-likeness (QED) is 0.210. The van der Waals surface area contributed by atoms with E-state index in [2.05, 4.69) is 6.58 Å². The van der Waals surface area contributed by atoms with Crippen LogP contribution in [0, 0.1) is 17.3 Å². The molecule has 0 radical (unpaired) electrons. The molecule has 4 aliphatic rings. The number of ether oxygens (including phenoxy) is 5. The van der Waals surface area contributed by atoms with Crippen LogP contribution < -0.4 is 0 Å². The lowest BCUT2D eigenvalue weighted by molar-refractivity contribution is -0.258. The van der Waals surface area contributed by atoms with E-state index in [1.165, 1.54) is 32.9 Å². The van der Waals surface area contributed by atoms with Gasteiger partial charge in [-0.2, -0.15) is 0 Å². The van der Waals surface area contributed by atoms with Crippen LogP contribution in [0.2, 0.25) is 0 Å². The number of rotatable bonds is 5. The van der Waals surface area contributed by atoms with Crippen molar-refractivity contribution in [2.75, 3.05) is 0 Å². The number of fused-ring (bicyclic) bond motifs is 4. The van der Waals surface area contributed by atoms with E-state index >= 15 is 0 Å². The van der Waals surface area contributed by atoms with Crippen LogP contribution in [0.3, 0.4) is 0 Å². The minimum atomic E-state index is -2.29. The molecule has 0 amide bonds. The highest BCUT2D eigenvalue weighted by atomic mass is 35.5. The van der Waals surface area contributed by atoms with E-state index in [9.17, 15) is 29.4 Å². The summed E-state index contributed by atoms with van der Waals surface area (Å²) in [7, 11) is 0. The molecule has 0 aromatic rings. The lowest BCUT2D eigenvalue weighted by atomic mass is 9.52. The number of aliphatic hydroxyl groups is 2. The summed E-state index contributed by atoms with van der Waals surface area (Å²) in [6.45, 7) is 12.5. The molecule has 2 saturated heterocycles. The molecule has 3 fully saturated rings. The zero-order chi connectivity index (χ0) is 29.9. The second-order valence-electron chi connectivity index (χ2n) is 11.6. The van der Waals surface area contributed by atoms with Gasteiger partial charge in [-0.25, -0.2) is 0 Å². The first-order valence-corrected chi connectivity index (χ1v) is 13.8. The fourth-order valence-electron chi connectivity index (χ4n) is 6.85. The van der Waals surface area contributed by atoms with Gasteiger partial charge < -0.3 is 33.9 Å². The van der Waals surface area contributed by atoms with Crippen LogP contribution >= 0.6 is 11.6 Å². The third-order valence-corrected chi connectivity index (χ3v) is 9.34. The van der Waals surface area contributed by atoms with Gasteiger partial charge in [0, 0.05) is 31.6 Å². The average Bonchev–Trinajstić information content (AvgIpc) is 3.62. The molecule has 0 aromatic carbocycles. The van der Waals surface area contributed by atoms with Crippen molar-refractivity contribution in [3.8, 4) is 0 Å². The van der Waals surface area contributed by atoms with E-state index in [-0.39, 0.29) is 12.0 Å². The number of halogens is 1. The number of carbonyl (C=O) groups is 4. The van der Waals surface area contributed by atoms with E-state index < -0.39 is 94.3 Å². The number of carbonyl (C=O) groups excluding carboxylic acids is 4. The standard InChI is InChI=1S/C28H37ClO11/c1-8-9-17(32)38-23-19-22(39-19)26(6)16(36-14(4)30)11-10-12(2)18(29)21-28(35,13(3)25(33)40-21)24(37-15(5)31)20(26)27(23,7)34/h10-11,13,16,18-24,34-35H,2,8-9H2,1,3-7H3/b11-10-/t13?,16-,18?,19?,20?,21?,22?,23?,24-,26+,27-,28?/m0/s1. The third kappa shape index (κ3) is 4.64. The number of hydrogen-bond acceptors (Lipinski definition) is 11. The van der Waals surface area contributed by atoms with Crippen molar-refractivity contribution in [3.05, 3.63) is 24.3 Å². The summed E-state index contributed by atoms with van der Waals surface area (Å²) < 4.78 is 28.8. The monoisotopic (exact) mass is 584 g/mol. The van der Waals surface area contributed by atoms with Crippen molar-refractivity contribution < 1.29 is 53.1 Å². The van der Waals surface area contributed by atoms with E-state index in [1.807, 2.05) is 0 Å². The Kier molecular flexibility index (Phi) is 7.94. The Morgan fingerprint density at radius 2 is 1.70 bits per heavy atom. The first-order valence-electron chi connectivity index (χ1n) is 13.4. The lowest BCUT2D eigenvalue weighted by Crippen LogP contribution is -2.73. The molecular formula is C28H37ClO11. The van der Waals surface area contributed by atoms with Gasteiger partial charge in [-0.05, 0) is 31.9 Å². The van der Waals surface area contributed by atoms with Crippen molar-refractivity contribution in [3.63, 3.8) is 0 Å². The number of esters is 4. The average molecular weight is 585 g/mol. The SMILES string of the molecule is C=C1/C=C\[C@H](OC(C)=O)[C@@]2(C)C3OC3C(OC(=O)CCC)[C@@](C)(O)C2[C@H](OC(C)=O)C2(O)C(C)C(=O)OC2C1Cl. The Bertz CT molecular complexity index is 1130. The highest BCUT2D eigenvalue weighted by Crippen LogP contribution is 2.63. The maximum absolute atomic E-state index is 12.9. The van der Waals surface area contributed by atoms with E-state index in [0.29, 0.717) is 6.42 Å². The van der Waals surface area contributed by atoms with Gasteiger partial charge in [0.25, 0.3) is 0 Å². The van der Waals surface area contributed by atoms with Gasteiger partial charge in [0.1, 0.15) is 23.9 Å². The summed E-state index contributed by atoms with van der Waals surface area (Å²) in [5.74, 6) is -5.48. The first kappa shape index (κ1) is 30.5. The molecule has 222 valence electrons. The predicted octanol–water partition coefficient (Wildman–Crippen LogP) is 1.74. The third-order valence-electron chi connectivity index (χ3n) is 8.83. The summed E-state index contributed by atoms with van der Waals surface area (Å²) in [5.41, 5.74) is -5.50. The fourth-order valence-corrected chi connectivity index (χ4v) is 7.18. The Hall–Kier alpha value is -2.47. The Morgan fingerprint density at radius 3 is 2.27 bits per heavy atom. The first-order chi connectivity index (χ1) is 18.5. The fraction of sp³-hybridized carbons (Fsp3) is 0.714. The number of hydrogen-bond donors (Lipinski definition) is 2. The molecule has 4 rings (SSSR count). The molecule has 12 heteroatoms. The van der Waals surface area contributed by atoms with Gasteiger partial charge in [0.15, 0.2) is 17.8 Å². The van der Waals surface area contributed by atoms with Crippen LogP contribution in [-0.2, 0) is 42.9 Å². The van der Waals surface area contributed by atoms with Crippen molar-refractivity contribution in [2.45, 2.75) is 108 Å². The van der Waals surface area contributed by atoms with E-state index in [4.69, 9.17) is 35.3 Å². The molecule has 8 unspecified atom stereocenters. The van der Waals surface area contributed by atoms with Gasteiger partial charge in [-0.15, -0.1) is 11.6 Å². The normalized spacial score (nSPS) is 46.6. The Balaban J connectivity index is 2.01.